The Hall–Kier alpha value is -2.01. The lowest BCUT2D eigenvalue weighted by atomic mass is 10.1. The minimum Gasteiger partial charge on any atom is -0.491 e. The number of aryl methyl sites for hydroxylation is 1. The maximum atomic E-state index is 12.0. The van der Waals surface area contributed by atoms with Gasteiger partial charge >= 0.3 is 6.03 Å². The van der Waals surface area contributed by atoms with Crippen molar-refractivity contribution in [3.05, 3.63) is 64.1 Å². The van der Waals surface area contributed by atoms with Crippen molar-refractivity contribution in [2.75, 3.05) is 13.2 Å². The first kappa shape index (κ1) is 15.9. The standard InChI is InChI=1S/C18H19BrN2O2/c19-14-7-3-5-13(11-14)6-4-10-20-18(22)21-16-12-23-17-9-2-1-8-15(16)17/h1-3,5,7-9,11,16H,4,6,10,12H2,(H2,20,21,22). The number of hydrogen-bond donors (Lipinski definition) is 2. The molecule has 0 radical (unpaired) electrons. The van der Waals surface area contributed by atoms with E-state index in [1.54, 1.807) is 0 Å². The summed E-state index contributed by atoms with van der Waals surface area (Å²) in [7, 11) is 0. The van der Waals surface area contributed by atoms with Gasteiger partial charge in [-0.05, 0) is 36.6 Å². The quantitative estimate of drug-likeness (QED) is 0.781. The topological polar surface area (TPSA) is 50.4 Å². The van der Waals surface area contributed by atoms with Crippen molar-refractivity contribution < 1.29 is 9.53 Å². The third-order valence-electron chi connectivity index (χ3n) is 3.82. The molecule has 2 aromatic carbocycles. The fourth-order valence-corrected chi connectivity index (χ4v) is 3.12. The van der Waals surface area contributed by atoms with Gasteiger partial charge in [-0.2, -0.15) is 0 Å². The maximum Gasteiger partial charge on any atom is 0.315 e. The number of amides is 2. The van der Waals surface area contributed by atoms with Crippen LogP contribution in [0.25, 0.3) is 0 Å². The second kappa shape index (κ2) is 7.51. The molecule has 1 unspecified atom stereocenters. The number of urea groups is 1. The molecule has 0 aromatic heterocycles. The predicted octanol–water partition coefficient (Wildman–Crippen LogP) is 3.81. The summed E-state index contributed by atoms with van der Waals surface area (Å²) in [4.78, 5) is 12.0. The first-order valence-corrected chi connectivity index (χ1v) is 8.52. The van der Waals surface area contributed by atoms with E-state index in [4.69, 9.17) is 4.74 Å². The molecule has 0 spiro atoms. The van der Waals surface area contributed by atoms with Crippen molar-refractivity contribution >= 4 is 22.0 Å². The van der Waals surface area contributed by atoms with Crippen molar-refractivity contribution in [3.8, 4) is 5.75 Å². The number of para-hydroxylation sites is 1. The summed E-state index contributed by atoms with van der Waals surface area (Å²) in [5, 5.41) is 5.87. The lowest BCUT2D eigenvalue weighted by Gasteiger charge is -2.12. The zero-order valence-corrected chi connectivity index (χ0v) is 14.3. The molecular weight excluding hydrogens is 356 g/mol. The second-order valence-corrected chi connectivity index (χ2v) is 6.45. The van der Waals surface area contributed by atoms with E-state index in [2.05, 4.69) is 38.7 Å². The van der Waals surface area contributed by atoms with Crippen molar-refractivity contribution in [1.29, 1.82) is 0 Å². The van der Waals surface area contributed by atoms with E-state index in [-0.39, 0.29) is 12.1 Å². The summed E-state index contributed by atoms with van der Waals surface area (Å²) in [5.41, 5.74) is 2.30. The van der Waals surface area contributed by atoms with Crippen LogP contribution in [0.4, 0.5) is 4.79 Å². The molecule has 0 saturated carbocycles. The summed E-state index contributed by atoms with van der Waals surface area (Å²) in [6, 6.07) is 15.8. The van der Waals surface area contributed by atoms with Crippen molar-refractivity contribution in [2.24, 2.45) is 0 Å². The minimum absolute atomic E-state index is 0.0729. The van der Waals surface area contributed by atoms with E-state index in [1.165, 1.54) is 5.56 Å². The number of halogens is 1. The molecule has 3 rings (SSSR count). The molecule has 1 aliphatic heterocycles. The summed E-state index contributed by atoms with van der Waals surface area (Å²) in [6.07, 6.45) is 1.84. The molecule has 2 aromatic rings. The molecule has 1 aliphatic rings. The maximum absolute atomic E-state index is 12.0. The van der Waals surface area contributed by atoms with E-state index in [1.807, 2.05) is 36.4 Å². The van der Waals surface area contributed by atoms with Gasteiger partial charge in [0.15, 0.2) is 0 Å². The molecule has 1 heterocycles. The highest BCUT2D eigenvalue weighted by Gasteiger charge is 2.24. The molecule has 5 heteroatoms. The first-order valence-electron chi connectivity index (χ1n) is 7.73. The van der Waals surface area contributed by atoms with Crippen LogP contribution in [-0.2, 0) is 6.42 Å². The van der Waals surface area contributed by atoms with Crippen LogP contribution >= 0.6 is 15.9 Å². The molecule has 0 bridgehead atoms. The zero-order chi connectivity index (χ0) is 16.1. The summed E-state index contributed by atoms with van der Waals surface area (Å²) >= 11 is 3.46. The van der Waals surface area contributed by atoms with Crippen LogP contribution < -0.4 is 15.4 Å². The molecule has 4 nitrogen and oxygen atoms in total. The monoisotopic (exact) mass is 374 g/mol. The van der Waals surface area contributed by atoms with Crippen LogP contribution in [0.15, 0.2) is 53.0 Å². The Labute approximate surface area is 144 Å². The van der Waals surface area contributed by atoms with Crippen molar-refractivity contribution in [3.63, 3.8) is 0 Å². The molecule has 2 amide bonds. The van der Waals surface area contributed by atoms with E-state index in [0.717, 1.165) is 28.6 Å². The Morgan fingerprint density at radius 2 is 2.09 bits per heavy atom. The van der Waals surface area contributed by atoms with Gasteiger partial charge in [0.2, 0.25) is 0 Å². The van der Waals surface area contributed by atoms with Crippen LogP contribution in [0.3, 0.4) is 0 Å². The summed E-state index contributed by atoms with van der Waals surface area (Å²) < 4.78 is 6.64. The van der Waals surface area contributed by atoms with E-state index >= 15 is 0 Å². The first-order chi connectivity index (χ1) is 11.2. The van der Waals surface area contributed by atoms with Crippen LogP contribution in [0.5, 0.6) is 5.75 Å². The normalized spacial score (nSPS) is 15.6. The Kier molecular flexibility index (Phi) is 5.18. The Morgan fingerprint density at radius 1 is 1.22 bits per heavy atom. The number of carbonyl (C=O) groups is 1. The van der Waals surface area contributed by atoms with Crippen LogP contribution in [-0.4, -0.2) is 19.2 Å². The average Bonchev–Trinajstić information content (AvgIpc) is 2.95. The predicted molar refractivity (Wildman–Crippen MR) is 93.7 cm³/mol. The van der Waals surface area contributed by atoms with Crippen molar-refractivity contribution in [2.45, 2.75) is 18.9 Å². The fraction of sp³-hybridized carbons (Fsp3) is 0.278. The number of carbonyl (C=O) groups excluding carboxylic acids is 1. The molecule has 0 saturated heterocycles. The molecular formula is C18H19BrN2O2. The smallest absolute Gasteiger partial charge is 0.315 e. The lowest BCUT2D eigenvalue weighted by molar-refractivity contribution is 0.232. The number of benzene rings is 2. The molecule has 1 atom stereocenters. The lowest BCUT2D eigenvalue weighted by Crippen LogP contribution is -2.39. The Balaban J connectivity index is 1.41. The zero-order valence-electron chi connectivity index (χ0n) is 12.7. The minimum atomic E-state index is -0.149. The largest absolute Gasteiger partial charge is 0.491 e. The van der Waals surface area contributed by atoms with Gasteiger partial charge in [0, 0.05) is 16.6 Å². The van der Waals surface area contributed by atoms with E-state index in [9.17, 15) is 4.79 Å². The summed E-state index contributed by atoms with van der Waals surface area (Å²) in [5.74, 6) is 0.854. The summed E-state index contributed by atoms with van der Waals surface area (Å²) in [6.45, 7) is 1.14. The molecule has 120 valence electrons. The number of hydrogen-bond acceptors (Lipinski definition) is 2. The number of ether oxygens (including phenoxy) is 1. The van der Waals surface area contributed by atoms with Gasteiger partial charge in [0.25, 0.3) is 0 Å². The Bertz CT molecular complexity index is 690. The van der Waals surface area contributed by atoms with Gasteiger partial charge in [0.1, 0.15) is 12.4 Å². The second-order valence-electron chi connectivity index (χ2n) is 5.54. The van der Waals surface area contributed by atoms with Gasteiger partial charge in [-0.1, -0.05) is 46.3 Å². The fourth-order valence-electron chi connectivity index (χ4n) is 2.68. The van der Waals surface area contributed by atoms with Crippen LogP contribution in [0.2, 0.25) is 0 Å². The van der Waals surface area contributed by atoms with E-state index in [0.29, 0.717) is 13.2 Å². The highest BCUT2D eigenvalue weighted by atomic mass is 79.9. The van der Waals surface area contributed by atoms with Gasteiger partial charge < -0.3 is 15.4 Å². The molecule has 0 aliphatic carbocycles. The SMILES string of the molecule is O=C(NCCCc1cccc(Br)c1)NC1COc2ccccc21. The van der Waals surface area contributed by atoms with Gasteiger partial charge in [-0.3, -0.25) is 0 Å². The molecule has 2 N–H and O–H groups in total. The molecule has 23 heavy (non-hydrogen) atoms. The highest BCUT2D eigenvalue weighted by molar-refractivity contribution is 9.10. The average molecular weight is 375 g/mol. The van der Waals surface area contributed by atoms with Gasteiger partial charge in [-0.25, -0.2) is 4.79 Å². The van der Waals surface area contributed by atoms with Gasteiger partial charge in [-0.15, -0.1) is 0 Å². The number of rotatable bonds is 5. The third kappa shape index (κ3) is 4.26. The van der Waals surface area contributed by atoms with E-state index < -0.39 is 0 Å². The van der Waals surface area contributed by atoms with Crippen molar-refractivity contribution in [1.82, 2.24) is 10.6 Å². The van der Waals surface area contributed by atoms with Crippen LogP contribution in [0, 0.1) is 0 Å². The molecule has 0 fully saturated rings. The Morgan fingerprint density at radius 3 is 2.96 bits per heavy atom. The third-order valence-corrected chi connectivity index (χ3v) is 4.32. The van der Waals surface area contributed by atoms with Crippen LogP contribution in [0.1, 0.15) is 23.6 Å². The highest BCUT2D eigenvalue weighted by Crippen LogP contribution is 2.31. The number of nitrogens with one attached hydrogen (secondary N) is 2. The number of fused-ring (bicyclic) bond motifs is 1. The van der Waals surface area contributed by atoms with Gasteiger partial charge in [0.05, 0.1) is 6.04 Å².